The van der Waals surface area contributed by atoms with Crippen molar-refractivity contribution >= 4 is 44.1 Å². The zero-order valence-electron chi connectivity index (χ0n) is 17.8. The van der Waals surface area contributed by atoms with E-state index in [2.05, 4.69) is 15.3 Å². The minimum absolute atomic E-state index is 0.226. The van der Waals surface area contributed by atoms with E-state index in [1.807, 2.05) is 36.6 Å². The van der Waals surface area contributed by atoms with Crippen molar-refractivity contribution in [3.05, 3.63) is 36.2 Å². The molecule has 0 aliphatic heterocycles. The zero-order valence-corrected chi connectivity index (χ0v) is 18.6. The number of aryl methyl sites for hydroxylation is 2. The molecule has 10 heteroatoms. The van der Waals surface area contributed by atoms with Gasteiger partial charge in [0.2, 0.25) is 5.91 Å². The molecule has 1 amide bonds. The molecule has 1 N–H and O–H groups in total. The van der Waals surface area contributed by atoms with Crippen molar-refractivity contribution in [2.24, 2.45) is 13.0 Å². The summed E-state index contributed by atoms with van der Waals surface area (Å²) in [6, 6.07) is 6.83. The number of pyridine rings is 1. The highest BCUT2D eigenvalue weighted by Gasteiger charge is 2.44. The van der Waals surface area contributed by atoms with Gasteiger partial charge >= 0.3 is 0 Å². The van der Waals surface area contributed by atoms with Crippen LogP contribution in [0, 0.1) is 5.92 Å². The van der Waals surface area contributed by atoms with E-state index in [1.165, 1.54) is 6.26 Å². The monoisotopic (exact) mass is 445 g/mol. The largest absolute Gasteiger partial charge is 0.334 e. The second kappa shape index (κ2) is 7.60. The van der Waals surface area contributed by atoms with Gasteiger partial charge in [-0.15, -0.1) is 0 Å². The number of carbonyl (C=O) groups is 1. The van der Waals surface area contributed by atoms with Gasteiger partial charge in [-0.3, -0.25) is 4.79 Å². The third-order valence-electron chi connectivity index (χ3n) is 5.56. The summed E-state index contributed by atoms with van der Waals surface area (Å²) in [5.74, 6) is -0.230. The molecule has 0 unspecified atom stereocenters. The quantitative estimate of drug-likeness (QED) is 0.627. The third kappa shape index (κ3) is 3.99. The van der Waals surface area contributed by atoms with E-state index in [4.69, 9.17) is 0 Å². The summed E-state index contributed by atoms with van der Waals surface area (Å²) in [6.07, 6.45) is 2.55. The normalized spacial score (nSPS) is 18.2. The molecular weight excluding hydrogens is 421 g/mol. The van der Waals surface area contributed by atoms with E-state index >= 15 is 0 Å². The SMILES string of the molecule is CCc1cc(S(C)(=O)=O)ccc1N(C)c1cc2c(ncn2C)c(NC(=O)[C@H]2C[C@H]2F)n1. The number of hydrogen-bond acceptors (Lipinski definition) is 6. The standard InChI is InChI=1S/C21H24FN5O3S/c1-5-12-8-13(31(4,29)30)6-7-16(12)27(3)18-10-17-19(23-11-26(17)2)20(24-18)25-21(28)14-9-15(14)22/h6-8,10-11,14-15H,5,9H2,1-4H3,(H,24,25,28)/t14-,15+/m0/s1. The molecule has 31 heavy (non-hydrogen) atoms. The number of halogens is 1. The van der Waals surface area contributed by atoms with Crippen molar-refractivity contribution in [1.82, 2.24) is 14.5 Å². The third-order valence-corrected chi connectivity index (χ3v) is 6.67. The summed E-state index contributed by atoms with van der Waals surface area (Å²) < 4.78 is 39.0. The van der Waals surface area contributed by atoms with Gasteiger partial charge in [0.25, 0.3) is 0 Å². The van der Waals surface area contributed by atoms with Crippen LogP contribution in [0.1, 0.15) is 18.9 Å². The van der Waals surface area contributed by atoms with E-state index < -0.39 is 27.8 Å². The lowest BCUT2D eigenvalue weighted by atomic mass is 10.1. The number of hydrogen-bond donors (Lipinski definition) is 1. The van der Waals surface area contributed by atoms with Crippen molar-refractivity contribution < 1.29 is 17.6 Å². The second-order valence-corrected chi connectivity index (χ2v) is 9.89. The smallest absolute Gasteiger partial charge is 0.231 e. The Morgan fingerprint density at radius 2 is 2.06 bits per heavy atom. The Morgan fingerprint density at radius 1 is 1.35 bits per heavy atom. The average molecular weight is 446 g/mol. The van der Waals surface area contributed by atoms with Crippen LogP contribution in [0.4, 0.5) is 21.7 Å². The molecule has 1 saturated carbocycles. The first-order valence-electron chi connectivity index (χ1n) is 9.94. The van der Waals surface area contributed by atoms with Crippen molar-refractivity contribution in [1.29, 1.82) is 0 Å². The first kappa shape index (κ1) is 21.2. The Hall–Kier alpha value is -3.01. The molecular formula is C21H24FN5O3S. The van der Waals surface area contributed by atoms with Gasteiger partial charge in [-0.25, -0.2) is 22.8 Å². The lowest BCUT2D eigenvalue weighted by Gasteiger charge is -2.23. The van der Waals surface area contributed by atoms with Crippen LogP contribution >= 0.6 is 0 Å². The number of nitrogens with zero attached hydrogens (tertiary/aromatic N) is 4. The molecule has 2 aromatic heterocycles. The van der Waals surface area contributed by atoms with Gasteiger partial charge in [0, 0.05) is 32.1 Å². The number of fused-ring (bicyclic) bond motifs is 1. The van der Waals surface area contributed by atoms with Gasteiger partial charge in [-0.2, -0.15) is 0 Å². The summed E-state index contributed by atoms with van der Waals surface area (Å²) in [5.41, 5.74) is 2.92. The average Bonchev–Trinajstić information content (AvgIpc) is 3.35. The van der Waals surface area contributed by atoms with Gasteiger partial charge in [0.1, 0.15) is 17.5 Å². The van der Waals surface area contributed by atoms with Gasteiger partial charge < -0.3 is 14.8 Å². The van der Waals surface area contributed by atoms with Crippen LogP contribution in [-0.4, -0.2) is 48.3 Å². The van der Waals surface area contributed by atoms with Crippen LogP contribution in [-0.2, 0) is 28.1 Å². The number of carbonyl (C=O) groups excluding carboxylic acids is 1. The number of alkyl halides is 1. The number of anilines is 3. The highest BCUT2D eigenvalue weighted by Crippen LogP contribution is 2.36. The topological polar surface area (TPSA) is 97.2 Å². The Balaban J connectivity index is 1.77. The maximum absolute atomic E-state index is 13.3. The number of amides is 1. The minimum atomic E-state index is -3.32. The van der Waals surface area contributed by atoms with Crippen molar-refractivity contribution in [2.45, 2.75) is 30.8 Å². The molecule has 164 valence electrons. The summed E-state index contributed by atoms with van der Waals surface area (Å²) in [5, 5.41) is 2.72. The molecule has 0 saturated heterocycles. The van der Waals surface area contributed by atoms with Crippen LogP contribution in [0.2, 0.25) is 0 Å². The van der Waals surface area contributed by atoms with Crippen LogP contribution in [0.3, 0.4) is 0 Å². The molecule has 1 aliphatic rings. The fraction of sp³-hybridized carbons (Fsp3) is 0.381. The van der Waals surface area contributed by atoms with Crippen LogP contribution in [0.15, 0.2) is 35.5 Å². The number of benzene rings is 1. The van der Waals surface area contributed by atoms with E-state index in [0.29, 0.717) is 17.8 Å². The lowest BCUT2D eigenvalue weighted by Crippen LogP contribution is -2.19. The molecule has 1 aromatic carbocycles. The number of sulfone groups is 1. The highest BCUT2D eigenvalue weighted by atomic mass is 32.2. The number of aromatic nitrogens is 3. The van der Waals surface area contributed by atoms with Gasteiger partial charge in [0.15, 0.2) is 15.7 Å². The molecule has 3 aromatic rings. The number of nitrogens with one attached hydrogen (secondary N) is 1. The van der Waals surface area contributed by atoms with Crippen LogP contribution in [0.5, 0.6) is 0 Å². The Morgan fingerprint density at radius 3 is 2.68 bits per heavy atom. The Kier molecular flexibility index (Phi) is 5.20. The van der Waals surface area contributed by atoms with Crippen molar-refractivity contribution in [2.75, 3.05) is 23.5 Å². The van der Waals surface area contributed by atoms with Gasteiger partial charge in [-0.05, 0) is 36.6 Å². The van der Waals surface area contributed by atoms with E-state index in [0.717, 1.165) is 16.8 Å². The van der Waals surface area contributed by atoms with Crippen molar-refractivity contribution in [3.63, 3.8) is 0 Å². The molecule has 8 nitrogen and oxygen atoms in total. The summed E-state index contributed by atoms with van der Waals surface area (Å²) in [6.45, 7) is 1.95. The van der Waals surface area contributed by atoms with Crippen LogP contribution < -0.4 is 10.2 Å². The van der Waals surface area contributed by atoms with E-state index in [-0.39, 0.29) is 17.1 Å². The lowest BCUT2D eigenvalue weighted by molar-refractivity contribution is -0.117. The first-order chi connectivity index (χ1) is 14.6. The Bertz CT molecular complexity index is 1290. The van der Waals surface area contributed by atoms with Crippen molar-refractivity contribution in [3.8, 4) is 0 Å². The predicted molar refractivity (Wildman–Crippen MR) is 117 cm³/mol. The summed E-state index contributed by atoms with van der Waals surface area (Å²) in [7, 11) is 0.337. The molecule has 2 atom stereocenters. The fourth-order valence-corrected chi connectivity index (χ4v) is 4.22. The maximum atomic E-state index is 13.3. The summed E-state index contributed by atoms with van der Waals surface area (Å²) in [4.78, 5) is 23.3. The molecule has 4 rings (SSSR count). The molecule has 1 fully saturated rings. The minimum Gasteiger partial charge on any atom is -0.334 e. The molecule has 0 radical (unpaired) electrons. The zero-order chi connectivity index (χ0) is 22.5. The summed E-state index contributed by atoms with van der Waals surface area (Å²) >= 11 is 0. The number of rotatable bonds is 6. The van der Waals surface area contributed by atoms with Crippen LogP contribution in [0.25, 0.3) is 11.0 Å². The maximum Gasteiger partial charge on any atom is 0.231 e. The highest BCUT2D eigenvalue weighted by molar-refractivity contribution is 7.90. The van der Waals surface area contributed by atoms with Gasteiger partial charge in [-0.1, -0.05) is 6.92 Å². The number of imidazole rings is 1. The molecule has 0 spiro atoms. The Labute approximate surface area is 180 Å². The fourth-order valence-electron chi connectivity index (χ4n) is 3.54. The molecule has 1 aliphatic carbocycles. The molecule has 0 bridgehead atoms. The molecule has 2 heterocycles. The second-order valence-electron chi connectivity index (χ2n) is 7.87. The predicted octanol–water partition coefficient (Wildman–Crippen LogP) is 3.00. The first-order valence-corrected chi connectivity index (χ1v) is 11.8. The van der Waals surface area contributed by atoms with E-state index in [1.54, 1.807) is 24.5 Å². The van der Waals surface area contributed by atoms with E-state index in [9.17, 15) is 17.6 Å². The van der Waals surface area contributed by atoms with Gasteiger partial charge in [0.05, 0.1) is 22.7 Å².